The van der Waals surface area contributed by atoms with E-state index < -0.39 is 45.8 Å². The van der Waals surface area contributed by atoms with Crippen LogP contribution in [0, 0.1) is 11.8 Å². The van der Waals surface area contributed by atoms with Gasteiger partial charge in [0.1, 0.15) is 0 Å². The molecule has 234 valence electrons. The van der Waals surface area contributed by atoms with Crippen molar-refractivity contribution in [1.29, 1.82) is 0 Å². The van der Waals surface area contributed by atoms with Crippen LogP contribution < -0.4 is 14.9 Å². The van der Waals surface area contributed by atoms with Gasteiger partial charge < -0.3 is 14.6 Å². The van der Waals surface area contributed by atoms with Crippen LogP contribution in [0.15, 0.2) is 79.0 Å². The van der Waals surface area contributed by atoms with Gasteiger partial charge in [0.2, 0.25) is 5.75 Å². The molecule has 1 fully saturated rings. The third-order valence-electron chi connectivity index (χ3n) is 7.99. The predicted octanol–water partition coefficient (Wildman–Crippen LogP) is 7.23. The third-order valence-corrected chi connectivity index (χ3v) is 8.53. The molecule has 0 bridgehead atoms. The maximum Gasteiger partial charge on any atom is 0.417 e. The molecule has 2 amide bonds. The molecule has 13 heteroatoms. The van der Waals surface area contributed by atoms with Crippen LogP contribution in [0.3, 0.4) is 0 Å². The number of nitrogens with zero attached hydrogens (tertiary/aromatic N) is 2. The highest BCUT2D eigenvalue weighted by molar-refractivity contribution is 6.33. The number of aromatic hydroxyl groups is 1. The van der Waals surface area contributed by atoms with E-state index in [9.17, 15) is 27.9 Å². The first-order valence-corrected chi connectivity index (χ1v) is 14.2. The van der Waals surface area contributed by atoms with E-state index in [2.05, 4.69) is 17.0 Å². The van der Waals surface area contributed by atoms with Crippen molar-refractivity contribution in [3.63, 3.8) is 0 Å². The Hall–Kier alpha value is -4.48. The molecule has 1 aromatic heterocycles. The normalized spacial score (nSPS) is 21.5. The summed E-state index contributed by atoms with van der Waals surface area (Å²) in [6.45, 7) is 3.94. The second-order valence-corrected chi connectivity index (χ2v) is 11.2. The Morgan fingerprint density at radius 2 is 1.76 bits per heavy atom. The third kappa shape index (κ3) is 5.51. The standard InChI is InChI=1S/C32H26Cl2F3N3O5/c1-4-18-6-12-23-29(42)40(39-28-24(34)15-20(16-38-28)32(35,36)37)30(43)31(23,19-7-9-21(33)10-8-19)22(18)11-5-17-13-25(44-2)27(41)26(14-17)45-3/h4-11,13-16,22-23,41H,1,12H2,2-3H3,(H,38,39)/t22-,23-,31-/m0/s1. The molecule has 0 saturated carbocycles. The van der Waals surface area contributed by atoms with Crippen LogP contribution in [0.2, 0.25) is 10.0 Å². The highest BCUT2D eigenvalue weighted by Crippen LogP contribution is 2.54. The maximum absolute atomic E-state index is 14.6. The fourth-order valence-electron chi connectivity index (χ4n) is 5.87. The number of anilines is 1. The number of allylic oxidation sites excluding steroid dienone is 4. The minimum Gasteiger partial charge on any atom is -0.502 e. The number of carbonyl (C=O) groups is 2. The largest absolute Gasteiger partial charge is 0.502 e. The molecule has 1 aliphatic heterocycles. The minimum atomic E-state index is -4.69. The summed E-state index contributed by atoms with van der Waals surface area (Å²) >= 11 is 12.3. The molecule has 5 rings (SSSR count). The topological polar surface area (TPSA) is 101 Å². The van der Waals surface area contributed by atoms with Crippen molar-refractivity contribution in [1.82, 2.24) is 9.99 Å². The summed E-state index contributed by atoms with van der Waals surface area (Å²) in [7, 11) is 2.79. The molecular weight excluding hydrogens is 634 g/mol. The van der Waals surface area contributed by atoms with Gasteiger partial charge in [-0.05, 0) is 53.5 Å². The zero-order chi connectivity index (χ0) is 32.7. The fraction of sp³-hybridized carbons (Fsp3) is 0.219. The number of methoxy groups -OCH3 is 2. The van der Waals surface area contributed by atoms with Gasteiger partial charge in [0.05, 0.1) is 36.1 Å². The monoisotopic (exact) mass is 659 g/mol. The number of hydrogen-bond acceptors (Lipinski definition) is 7. The van der Waals surface area contributed by atoms with E-state index in [0.29, 0.717) is 34.0 Å². The number of ether oxygens (including phenoxy) is 2. The highest BCUT2D eigenvalue weighted by atomic mass is 35.5. The number of aromatic nitrogens is 1. The van der Waals surface area contributed by atoms with Crippen molar-refractivity contribution in [2.45, 2.75) is 18.0 Å². The van der Waals surface area contributed by atoms with E-state index in [1.165, 1.54) is 14.2 Å². The predicted molar refractivity (Wildman–Crippen MR) is 163 cm³/mol. The second kappa shape index (κ2) is 12.1. The Morgan fingerprint density at radius 1 is 1.11 bits per heavy atom. The SMILES string of the molecule is C=CC1=CC[C@H]2C(=O)N(Nc3ncc(C(F)(F)F)cc3Cl)C(=O)[C@@]2(c2ccc(Cl)cc2)[C@H]1C=Cc1cc(OC)c(O)c(OC)c1. The molecule has 8 nitrogen and oxygen atoms in total. The number of imide groups is 1. The second-order valence-electron chi connectivity index (χ2n) is 10.3. The van der Waals surface area contributed by atoms with E-state index in [4.69, 9.17) is 32.7 Å². The van der Waals surface area contributed by atoms with Gasteiger partial charge in [-0.15, -0.1) is 0 Å². The van der Waals surface area contributed by atoms with Gasteiger partial charge >= 0.3 is 6.18 Å². The molecule has 0 unspecified atom stereocenters. The van der Waals surface area contributed by atoms with Gasteiger partial charge in [0, 0.05) is 17.1 Å². The summed E-state index contributed by atoms with van der Waals surface area (Å²) < 4.78 is 50.2. The van der Waals surface area contributed by atoms with Crippen LogP contribution in [0.1, 0.15) is 23.1 Å². The van der Waals surface area contributed by atoms with Crippen LogP contribution in [0.5, 0.6) is 17.2 Å². The molecule has 0 radical (unpaired) electrons. The molecule has 3 atom stereocenters. The molecule has 2 aliphatic rings. The number of amides is 2. The van der Waals surface area contributed by atoms with Crippen molar-refractivity contribution in [3.05, 3.63) is 106 Å². The molecule has 3 aromatic rings. The molecule has 1 aliphatic carbocycles. The van der Waals surface area contributed by atoms with Crippen molar-refractivity contribution in [2.75, 3.05) is 19.6 Å². The lowest BCUT2D eigenvalue weighted by molar-refractivity contribution is -0.139. The minimum absolute atomic E-state index is 0.158. The Labute approximate surface area is 266 Å². The number of rotatable bonds is 8. The number of phenols is 1. The lowest BCUT2D eigenvalue weighted by atomic mass is 9.57. The van der Waals surface area contributed by atoms with Crippen molar-refractivity contribution < 1.29 is 37.3 Å². The average molecular weight is 660 g/mol. The van der Waals surface area contributed by atoms with E-state index in [-0.39, 0.29) is 29.5 Å². The first-order valence-electron chi connectivity index (χ1n) is 13.5. The number of alkyl halides is 3. The molecule has 2 N–H and O–H groups in total. The highest BCUT2D eigenvalue weighted by Gasteiger charge is 2.65. The first-order chi connectivity index (χ1) is 21.4. The van der Waals surface area contributed by atoms with Crippen LogP contribution in [0.4, 0.5) is 19.0 Å². The summed E-state index contributed by atoms with van der Waals surface area (Å²) in [5.74, 6) is -3.18. The average Bonchev–Trinajstić information content (AvgIpc) is 3.23. The quantitative estimate of drug-likeness (QED) is 0.246. The van der Waals surface area contributed by atoms with E-state index in [1.807, 2.05) is 6.08 Å². The number of fused-ring (bicyclic) bond motifs is 1. The number of nitrogens with one attached hydrogen (secondary N) is 1. The Balaban J connectivity index is 1.65. The van der Waals surface area contributed by atoms with Crippen LogP contribution in [-0.4, -0.2) is 41.1 Å². The van der Waals surface area contributed by atoms with Crippen molar-refractivity contribution in [2.24, 2.45) is 11.8 Å². The molecule has 2 aromatic carbocycles. The van der Waals surface area contributed by atoms with Gasteiger partial charge in [-0.2, -0.15) is 18.2 Å². The molecular formula is C32H26Cl2F3N3O5. The lowest BCUT2D eigenvalue weighted by Gasteiger charge is -2.41. The van der Waals surface area contributed by atoms with E-state index in [0.717, 1.165) is 5.01 Å². The maximum atomic E-state index is 14.6. The van der Waals surface area contributed by atoms with Gasteiger partial charge in [0.25, 0.3) is 11.8 Å². The lowest BCUT2D eigenvalue weighted by Crippen LogP contribution is -2.49. The number of pyridine rings is 1. The van der Waals surface area contributed by atoms with Crippen LogP contribution in [0.25, 0.3) is 6.08 Å². The van der Waals surface area contributed by atoms with Crippen LogP contribution >= 0.6 is 23.2 Å². The zero-order valence-electron chi connectivity index (χ0n) is 23.9. The van der Waals surface area contributed by atoms with Gasteiger partial charge in [-0.25, -0.2) is 4.98 Å². The van der Waals surface area contributed by atoms with Gasteiger partial charge in [0.15, 0.2) is 17.3 Å². The first kappa shape index (κ1) is 31.9. The van der Waals surface area contributed by atoms with E-state index >= 15 is 0 Å². The van der Waals surface area contributed by atoms with Gasteiger partial charge in [-0.3, -0.25) is 15.0 Å². The van der Waals surface area contributed by atoms with Gasteiger partial charge in [-0.1, -0.05) is 66.2 Å². The van der Waals surface area contributed by atoms with Crippen molar-refractivity contribution >= 4 is 46.9 Å². The Bertz CT molecular complexity index is 1720. The fourth-order valence-corrected chi connectivity index (χ4v) is 6.21. The summed E-state index contributed by atoms with van der Waals surface area (Å²) in [6, 6.07) is 10.3. The Kier molecular flexibility index (Phi) is 8.61. The summed E-state index contributed by atoms with van der Waals surface area (Å²) in [5.41, 5.74) is 1.65. The number of phenolic OH excluding ortho intramolecular Hbond substituents is 1. The number of hydrazine groups is 1. The summed E-state index contributed by atoms with van der Waals surface area (Å²) in [5, 5.41) is 11.1. The number of halogens is 5. The summed E-state index contributed by atoms with van der Waals surface area (Å²) in [6.07, 6.45) is 2.89. The Morgan fingerprint density at radius 3 is 2.31 bits per heavy atom. The smallest absolute Gasteiger partial charge is 0.417 e. The zero-order valence-corrected chi connectivity index (χ0v) is 25.4. The molecule has 0 spiro atoms. The molecule has 45 heavy (non-hydrogen) atoms. The van der Waals surface area contributed by atoms with E-state index in [1.54, 1.807) is 54.6 Å². The molecule has 1 saturated heterocycles. The van der Waals surface area contributed by atoms with Crippen molar-refractivity contribution in [3.8, 4) is 17.2 Å². The molecule has 2 heterocycles. The number of hydrogen-bond donors (Lipinski definition) is 2. The summed E-state index contributed by atoms with van der Waals surface area (Å²) in [4.78, 5) is 32.4. The number of benzene rings is 2. The van der Waals surface area contributed by atoms with Crippen LogP contribution in [-0.2, 0) is 21.2 Å². The number of carbonyl (C=O) groups excluding carboxylic acids is 2.